The van der Waals surface area contributed by atoms with Gasteiger partial charge in [-0.2, -0.15) is 0 Å². The fourth-order valence-electron chi connectivity index (χ4n) is 2.80. The average molecular weight is 368 g/mol. The van der Waals surface area contributed by atoms with Crippen molar-refractivity contribution in [2.24, 2.45) is 0 Å². The molecule has 0 aliphatic carbocycles. The summed E-state index contributed by atoms with van der Waals surface area (Å²) < 4.78 is 14.6. The minimum Gasteiger partial charge on any atom is -0.325 e. The first-order valence-electron chi connectivity index (χ1n) is 8.39. The van der Waals surface area contributed by atoms with Gasteiger partial charge in [0.1, 0.15) is 5.82 Å². The summed E-state index contributed by atoms with van der Waals surface area (Å²) in [6, 6.07) is 21.7. The van der Waals surface area contributed by atoms with E-state index >= 15 is 0 Å². The van der Waals surface area contributed by atoms with Crippen molar-refractivity contribution in [1.29, 1.82) is 0 Å². The van der Waals surface area contributed by atoms with Crippen molar-refractivity contribution in [3.05, 3.63) is 89.7 Å². The van der Waals surface area contributed by atoms with Crippen LogP contribution in [0.5, 0.6) is 0 Å². The van der Waals surface area contributed by atoms with Crippen LogP contribution in [0, 0.1) is 5.82 Å². The molecule has 132 valence electrons. The first-order valence-corrected chi connectivity index (χ1v) is 8.93. The van der Waals surface area contributed by atoms with Gasteiger partial charge in [0.25, 0.3) is 0 Å². The van der Waals surface area contributed by atoms with Crippen molar-refractivity contribution in [3.63, 3.8) is 0 Å². The Balaban J connectivity index is 1.80. The van der Waals surface area contributed by atoms with Crippen LogP contribution in [-0.2, 0) is 10.7 Å². The molecule has 1 N–H and O–H groups in total. The van der Waals surface area contributed by atoms with Gasteiger partial charge in [0, 0.05) is 17.1 Å². The molecule has 0 aliphatic rings. The second kappa shape index (κ2) is 8.15. The summed E-state index contributed by atoms with van der Waals surface area (Å²) in [6.45, 7) is 1.76. The van der Waals surface area contributed by atoms with Gasteiger partial charge >= 0.3 is 0 Å². The molecule has 0 aliphatic heterocycles. The molecule has 1 unspecified atom stereocenters. The third-order valence-corrected chi connectivity index (χ3v) is 4.68. The number of carbonyl (C=O) groups is 1. The number of halogens is 2. The van der Waals surface area contributed by atoms with Crippen molar-refractivity contribution < 1.29 is 9.18 Å². The Morgan fingerprint density at radius 3 is 2.42 bits per heavy atom. The van der Waals surface area contributed by atoms with Gasteiger partial charge in [0.2, 0.25) is 5.91 Å². The van der Waals surface area contributed by atoms with E-state index < -0.39 is 5.92 Å². The van der Waals surface area contributed by atoms with Crippen molar-refractivity contribution in [1.82, 2.24) is 0 Å². The quantitative estimate of drug-likeness (QED) is 0.553. The van der Waals surface area contributed by atoms with E-state index in [9.17, 15) is 9.18 Å². The van der Waals surface area contributed by atoms with Crippen LogP contribution in [0.4, 0.5) is 10.1 Å². The van der Waals surface area contributed by atoms with E-state index in [1.54, 1.807) is 25.1 Å². The lowest BCUT2D eigenvalue weighted by Gasteiger charge is -2.15. The number of hydrogen-bond acceptors (Lipinski definition) is 1. The molecule has 3 aromatic carbocycles. The van der Waals surface area contributed by atoms with Gasteiger partial charge in [0.05, 0.1) is 5.92 Å². The van der Waals surface area contributed by atoms with Crippen molar-refractivity contribution in [2.75, 3.05) is 5.32 Å². The molecule has 0 bridgehead atoms. The Morgan fingerprint density at radius 1 is 1.04 bits per heavy atom. The standard InChI is InChI=1S/C22H19ClFNO/c1-15(22(26)25-21-10-6-5-9-18(21)14-23)17-11-12-19(20(24)13-17)16-7-3-2-4-8-16/h2-13,15H,14H2,1H3,(H,25,26). The molecule has 2 nitrogen and oxygen atoms in total. The van der Waals surface area contributed by atoms with Crippen molar-refractivity contribution in [2.45, 2.75) is 18.7 Å². The maximum absolute atomic E-state index is 14.6. The number of amides is 1. The fourth-order valence-corrected chi connectivity index (χ4v) is 3.04. The summed E-state index contributed by atoms with van der Waals surface area (Å²) in [5.74, 6) is -0.716. The average Bonchev–Trinajstić information content (AvgIpc) is 2.68. The first kappa shape index (κ1) is 18.2. The van der Waals surface area contributed by atoms with Crippen molar-refractivity contribution in [3.8, 4) is 11.1 Å². The SMILES string of the molecule is CC(C(=O)Nc1ccccc1CCl)c1ccc(-c2ccccc2)c(F)c1. The molecule has 1 atom stereocenters. The van der Waals surface area contributed by atoms with Gasteiger partial charge in [0.15, 0.2) is 0 Å². The van der Waals surface area contributed by atoms with Gasteiger partial charge in [-0.25, -0.2) is 4.39 Å². The summed E-state index contributed by atoms with van der Waals surface area (Å²) in [5.41, 5.74) is 3.49. The summed E-state index contributed by atoms with van der Waals surface area (Å²) in [5, 5.41) is 2.88. The predicted octanol–water partition coefficient (Wildman–Crippen LogP) is 5.97. The predicted molar refractivity (Wildman–Crippen MR) is 105 cm³/mol. The number of nitrogens with one attached hydrogen (secondary N) is 1. The second-order valence-electron chi connectivity index (χ2n) is 6.11. The van der Waals surface area contributed by atoms with E-state index in [-0.39, 0.29) is 11.7 Å². The molecule has 0 aromatic heterocycles. The molecule has 1 amide bonds. The Bertz CT molecular complexity index is 911. The molecule has 0 saturated heterocycles. The van der Waals surface area contributed by atoms with Crippen LogP contribution in [0.15, 0.2) is 72.8 Å². The topological polar surface area (TPSA) is 29.1 Å². The number of benzene rings is 3. The van der Waals surface area contributed by atoms with Crippen LogP contribution in [0.2, 0.25) is 0 Å². The highest BCUT2D eigenvalue weighted by molar-refractivity contribution is 6.17. The molecule has 0 spiro atoms. The van der Waals surface area contributed by atoms with Gasteiger partial charge in [-0.1, -0.05) is 60.7 Å². The molecular formula is C22H19ClFNO. The number of hydrogen-bond donors (Lipinski definition) is 1. The highest BCUT2D eigenvalue weighted by Crippen LogP contribution is 2.27. The Hall–Kier alpha value is -2.65. The van der Waals surface area contributed by atoms with Crippen LogP contribution in [0.1, 0.15) is 24.0 Å². The van der Waals surface area contributed by atoms with Crippen LogP contribution >= 0.6 is 11.6 Å². The van der Waals surface area contributed by atoms with Gasteiger partial charge in [-0.3, -0.25) is 4.79 Å². The minimum atomic E-state index is -0.488. The molecule has 3 aromatic rings. The molecule has 3 rings (SSSR count). The Morgan fingerprint density at radius 2 is 1.73 bits per heavy atom. The zero-order valence-corrected chi connectivity index (χ0v) is 15.1. The van der Waals surface area contributed by atoms with E-state index in [1.807, 2.05) is 48.5 Å². The smallest absolute Gasteiger partial charge is 0.231 e. The summed E-state index contributed by atoms with van der Waals surface area (Å²) in [4.78, 5) is 12.6. The van der Waals surface area contributed by atoms with E-state index in [0.29, 0.717) is 22.7 Å². The molecule has 26 heavy (non-hydrogen) atoms. The molecular weight excluding hydrogens is 349 g/mol. The molecule has 0 fully saturated rings. The Labute approximate surface area is 157 Å². The van der Waals surface area contributed by atoms with Gasteiger partial charge in [-0.05, 0) is 35.7 Å². The number of rotatable bonds is 5. The molecule has 0 heterocycles. The second-order valence-corrected chi connectivity index (χ2v) is 6.37. The van der Waals surface area contributed by atoms with Gasteiger partial charge < -0.3 is 5.32 Å². The minimum absolute atomic E-state index is 0.200. The number of para-hydroxylation sites is 1. The largest absolute Gasteiger partial charge is 0.325 e. The monoisotopic (exact) mass is 367 g/mol. The molecule has 0 radical (unpaired) electrons. The van der Waals surface area contributed by atoms with Crippen molar-refractivity contribution >= 4 is 23.2 Å². The Kier molecular flexibility index (Phi) is 5.69. The van der Waals surface area contributed by atoms with Crippen LogP contribution in [0.3, 0.4) is 0 Å². The maximum atomic E-state index is 14.6. The lowest BCUT2D eigenvalue weighted by Crippen LogP contribution is -2.19. The summed E-state index contributed by atoms with van der Waals surface area (Å²) >= 11 is 5.91. The maximum Gasteiger partial charge on any atom is 0.231 e. The van der Waals surface area contributed by atoms with Gasteiger partial charge in [-0.15, -0.1) is 11.6 Å². The van der Waals surface area contributed by atoms with E-state index in [2.05, 4.69) is 5.32 Å². The lowest BCUT2D eigenvalue weighted by atomic mass is 9.96. The highest BCUT2D eigenvalue weighted by Gasteiger charge is 2.18. The lowest BCUT2D eigenvalue weighted by molar-refractivity contribution is -0.117. The number of carbonyl (C=O) groups excluding carboxylic acids is 1. The zero-order chi connectivity index (χ0) is 18.5. The van der Waals surface area contributed by atoms with E-state index in [0.717, 1.165) is 11.1 Å². The summed E-state index contributed by atoms with van der Waals surface area (Å²) in [7, 11) is 0. The third kappa shape index (κ3) is 3.94. The third-order valence-electron chi connectivity index (χ3n) is 4.39. The molecule has 4 heteroatoms. The summed E-state index contributed by atoms with van der Waals surface area (Å²) in [6.07, 6.45) is 0. The number of anilines is 1. The van der Waals surface area contributed by atoms with E-state index in [4.69, 9.17) is 11.6 Å². The first-order chi connectivity index (χ1) is 12.6. The van der Waals surface area contributed by atoms with E-state index in [1.165, 1.54) is 6.07 Å². The fraction of sp³-hybridized carbons (Fsp3) is 0.136. The normalized spacial score (nSPS) is 11.8. The van der Waals surface area contributed by atoms with Crippen LogP contribution in [-0.4, -0.2) is 5.91 Å². The highest BCUT2D eigenvalue weighted by atomic mass is 35.5. The van der Waals surface area contributed by atoms with Crippen LogP contribution in [0.25, 0.3) is 11.1 Å². The zero-order valence-electron chi connectivity index (χ0n) is 14.4. The number of alkyl halides is 1. The molecule has 0 saturated carbocycles. The van der Waals surface area contributed by atoms with Crippen LogP contribution < -0.4 is 5.32 Å².